The van der Waals surface area contributed by atoms with Gasteiger partial charge in [0.25, 0.3) is 0 Å². The first-order chi connectivity index (χ1) is 10.1. The molecule has 118 valence electrons. The highest BCUT2D eigenvalue weighted by Gasteiger charge is 2.37. The molecule has 0 aromatic carbocycles. The molecule has 4 nitrogen and oxygen atoms in total. The van der Waals surface area contributed by atoms with E-state index in [4.69, 9.17) is 0 Å². The summed E-state index contributed by atoms with van der Waals surface area (Å²) < 4.78 is 1.98. The van der Waals surface area contributed by atoms with Gasteiger partial charge in [0.05, 0.1) is 11.4 Å². The second-order valence-corrected chi connectivity index (χ2v) is 7.10. The number of hydrogen-bond donors (Lipinski definition) is 0. The predicted octanol–water partition coefficient (Wildman–Crippen LogP) is 2.68. The van der Waals surface area contributed by atoms with E-state index in [1.807, 2.05) is 11.7 Å². The third-order valence-electron chi connectivity index (χ3n) is 5.28. The second-order valence-electron chi connectivity index (χ2n) is 7.10. The van der Waals surface area contributed by atoms with Gasteiger partial charge >= 0.3 is 0 Å². The molecule has 0 aliphatic carbocycles. The van der Waals surface area contributed by atoms with Crippen molar-refractivity contribution in [2.24, 2.45) is 13.0 Å². The SMILES string of the molecule is CCc1nn(C)cc1N1CC2CCCCN2CC1C(C)C. The Labute approximate surface area is 129 Å². The average Bonchev–Trinajstić information content (AvgIpc) is 2.86. The van der Waals surface area contributed by atoms with Gasteiger partial charge in [0.1, 0.15) is 0 Å². The Kier molecular flexibility index (Phi) is 4.25. The molecule has 2 saturated heterocycles. The van der Waals surface area contributed by atoms with E-state index >= 15 is 0 Å². The van der Waals surface area contributed by atoms with Crippen molar-refractivity contribution < 1.29 is 0 Å². The molecule has 3 heterocycles. The van der Waals surface area contributed by atoms with Gasteiger partial charge in [-0.2, -0.15) is 5.10 Å². The van der Waals surface area contributed by atoms with Gasteiger partial charge < -0.3 is 4.90 Å². The zero-order valence-electron chi connectivity index (χ0n) is 14.0. The molecule has 2 aliphatic rings. The zero-order chi connectivity index (χ0) is 15.0. The number of aromatic nitrogens is 2. The highest BCUT2D eigenvalue weighted by molar-refractivity contribution is 5.51. The summed E-state index contributed by atoms with van der Waals surface area (Å²) in [6, 6.07) is 1.37. The van der Waals surface area contributed by atoms with Crippen LogP contribution in [0.4, 0.5) is 5.69 Å². The Hall–Kier alpha value is -1.03. The highest BCUT2D eigenvalue weighted by Crippen LogP contribution is 2.32. The van der Waals surface area contributed by atoms with E-state index in [2.05, 4.69) is 41.9 Å². The van der Waals surface area contributed by atoms with Crippen molar-refractivity contribution in [1.82, 2.24) is 14.7 Å². The summed E-state index contributed by atoms with van der Waals surface area (Å²) in [5, 5.41) is 4.66. The molecule has 0 bridgehead atoms. The van der Waals surface area contributed by atoms with E-state index in [0.29, 0.717) is 12.0 Å². The van der Waals surface area contributed by atoms with Crippen molar-refractivity contribution >= 4 is 5.69 Å². The Balaban J connectivity index is 1.89. The minimum Gasteiger partial charge on any atom is -0.363 e. The van der Waals surface area contributed by atoms with E-state index in [0.717, 1.165) is 12.5 Å². The van der Waals surface area contributed by atoms with Crippen LogP contribution in [0.25, 0.3) is 0 Å². The number of anilines is 1. The molecule has 21 heavy (non-hydrogen) atoms. The fourth-order valence-corrected chi connectivity index (χ4v) is 4.07. The molecule has 0 radical (unpaired) electrons. The first-order valence-corrected chi connectivity index (χ1v) is 8.63. The molecule has 2 unspecified atom stereocenters. The van der Waals surface area contributed by atoms with Crippen LogP contribution in [0.15, 0.2) is 6.20 Å². The smallest absolute Gasteiger partial charge is 0.0855 e. The maximum Gasteiger partial charge on any atom is 0.0855 e. The molecule has 0 spiro atoms. The van der Waals surface area contributed by atoms with Crippen LogP contribution < -0.4 is 4.90 Å². The number of hydrogen-bond acceptors (Lipinski definition) is 3. The molecule has 4 heteroatoms. The number of piperazine rings is 1. The van der Waals surface area contributed by atoms with Gasteiger partial charge in [0.15, 0.2) is 0 Å². The van der Waals surface area contributed by atoms with E-state index < -0.39 is 0 Å². The van der Waals surface area contributed by atoms with Crippen molar-refractivity contribution in [3.8, 4) is 0 Å². The molecule has 0 saturated carbocycles. The first kappa shape index (κ1) is 14.9. The first-order valence-electron chi connectivity index (χ1n) is 8.63. The lowest BCUT2D eigenvalue weighted by Gasteiger charge is -2.50. The summed E-state index contributed by atoms with van der Waals surface area (Å²) in [7, 11) is 2.05. The lowest BCUT2D eigenvalue weighted by Crippen LogP contribution is -2.61. The van der Waals surface area contributed by atoms with Crippen LogP contribution in [0.3, 0.4) is 0 Å². The van der Waals surface area contributed by atoms with Crippen LogP contribution in [-0.2, 0) is 13.5 Å². The van der Waals surface area contributed by atoms with Crippen LogP contribution in [0.1, 0.15) is 45.7 Å². The summed E-state index contributed by atoms with van der Waals surface area (Å²) >= 11 is 0. The number of nitrogens with zero attached hydrogens (tertiary/aromatic N) is 4. The molecule has 0 N–H and O–H groups in total. The highest BCUT2D eigenvalue weighted by atomic mass is 15.3. The van der Waals surface area contributed by atoms with Gasteiger partial charge in [-0.05, 0) is 31.7 Å². The summed E-state index contributed by atoms with van der Waals surface area (Å²) in [5.74, 6) is 0.679. The van der Waals surface area contributed by atoms with Gasteiger partial charge in [-0.25, -0.2) is 0 Å². The molecular formula is C17H30N4. The zero-order valence-corrected chi connectivity index (χ0v) is 14.0. The van der Waals surface area contributed by atoms with Crippen LogP contribution in [0.5, 0.6) is 0 Å². The predicted molar refractivity (Wildman–Crippen MR) is 87.8 cm³/mol. The normalized spacial score (nSPS) is 27.2. The molecule has 2 aliphatic heterocycles. The van der Waals surface area contributed by atoms with Crippen LogP contribution in [0, 0.1) is 5.92 Å². The van der Waals surface area contributed by atoms with Crippen LogP contribution in [0.2, 0.25) is 0 Å². The van der Waals surface area contributed by atoms with Crippen LogP contribution in [-0.4, -0.2) is 46.4 Å². The third-order valence-corrected chi connectivity index (χ3v) is 5.28. The van der Waals surface area contributed by atoms with Crippen molar-refractivity contribution in [3.63, 3.8) is 0 Å². The van der Waals surface area contributed by atoms with E-state index in [9.17, 15) is 0 Å². The molecule has 1 aromatic heterocycles. The maximum atomic E-state index is 4.66. The topological polar surface area (TPSA) is 24.3 Å². The van der Waals surface area contributed by atoms with E-state index in [1.54, 1.807) is 0 Å². The Morgan fingerprint density at radius 3 is 2.81 bits per heavy atom. The van der Waals surface area contributed by atoms with Gasteiger partial charge in [-0.15, -0.1) is 0 Å². The number of fused-ring (bicyclic) bond motifs is 1. The molecule has 2 fully saturated rings. The summed E-state index contributed by atoms with van der Waals surface area (Å²) in [5.41, 5.74) is 2.64. The third kappa shape index (κ3) is 2.83. The Morgan fingerprint density at radius 2 is 2.10 bits per heavy atom. The Bertz CT molecular complexity index is 479. The minimum atomic E-state index is 0.619. The van der Waals surface area contributed by atoms with Gasteiger partial charge in [0, 0.05) is 38.4 Å². The lowest BCUT2D eigenvalue weighted by molar-refractivity contribution is 0.100. The lowest BCUT2D eigenvalue weighted by atomic mass is 9.91. The number of piperidine rings is 1. The molecular weight excluding hydrogens is 260 g/mol. The minimum absolute atomic E-state index is 0.619. The van der Waals surface area contributed by atoms with Crippen molar-refractivity contribution in [3.05, 3.63) is 11.9 Å². The quantitative estimate of drug-likeness (QED) is 0.855. The van der Waals surface area contributed by atoms with Crippen molar-refractivity contribution in [2.75, 3.05) is 24.5 Å². The van der Waals surface area contributed by atoms with E-state index in [1.165, 1.54) is 50.3 Å². The van der Waals surface area contributed by atoms with Gasteiger partial charge in [-0.1, -0.05) is 27.2 Å². The molecule has 3 rings (SSSR count). The largest absolute Gasteiger partial charge is 0.363 e. The van der Waals surface area contributed by atoms with Crippen molar-refractivity contribution in [1.29, 1.82) is 0 Å². The fourth-order valence-electron chi connectivity index (χ4n) is 4.07. The fraction of sp³-hybridized carbons (Fsp3) is 0.824. The number of rotatable bonds is 3. The molecule has 2 atom stereocenters. The van der Waals surface area contributed by atoms with Gasteiger partial charge in [0.2, 0.25) is 0 Å². The monoisotopic (exact) mass is 290 g/mol. The second kappa shape index (κ2) is 5.99. The summed E-state index contributed by atoms with van der Waals surface area (Å²) in [6.07, 6.45) is 7.39. The van der Waals surface area contributed by atoms with Crippen molar-refractivity contribution in [2.45, 2.75) is 58.5 Å². The van der Waals surface area contributed by atoms with Gasteiger partial charge in [-0.3, -0.25) is 9.58 Å². The summed E-state index contributed by atoms with van der Waals surface area (Å²) in [6.45, 7) is 10.7. The number of aryl methyl sites for hydroxylation is 2. The maximum absolute atomic E-state index is 4.66. The standard InChI is InChI=1S/C17H30N4/c1-5-15-17(11-19(4)18-15)21-10-14-8-6-7-9-20(14)12-16(21)13(2)3/h11,13-14,16H,5-10,12H2,1-4H3. The van der Waals surface area contributed by atoms with E-state index in [-0.39, 0.29) is 0 Å². The average molecular weight is 290 g/mol. The Morgan fingerprint density at radius 1 is 1.29 bits per heavy atom. The molecule has 1 aromatic rings. The van der Waals surface area contributed by atoms with Crippen LogP contribution >= 0.6 is 0 Å². The summed E-state index contributed by atoms with van der Waals surface area (Å²) in [4.78, 5) is 5.41. The molecule has 0 amide bonds.